The van der Waals surface area contributed by atoms with Crippen molar-refractivity contribution in [2.24, 2.45) is 5.92 Å². The summed E-state index contributed by atoms with van der Waals surface area (Å²) < 4.78 is 6.08. The zero-order valence-electron chi connectivity index (χ0n) is 12.3. The number of nitrogens with one attached hydrogen (secondary N) is 1. The van der Waals surface area contributed by atoms with Crippen LogP contribution in [0.4, 0.5) is 5.69 Å². The van der Waals surface area contributed by atoms with E-state index in [2.05, 4.69) is 43.4 Å². The minimum absolute atomic E-state index is 0.498. The van der Waals surface area contributed by atoms with Crippen molar-refractivity contribution in [1.29, 1.82) is 0 Å². The van der Waals surface area contributed by atoms with Crippen LogP contribution in [0.3, 0.4) is 0 Å². The number of hydrogen-bond donors (Lipinski definition) is 1. The number of aryl methyl sites for hydroxylation is 1. The summed E-state index contributed by atoms with van der Waals surface area (Å²) >= 11 is 0. The number of rotatable bonds is 6. The molecule has 2 nitrogen and oxygen atoms in total. The van der Waals surface area contributed by atoms with Gasteiger partial charge >= 0.3 is 0 Å². The smallest absolute Gasteiger partial charge is 0.0642 e. The first-order valence-corrected chi connectivity index (χ1v) is 7.71. The van der Waals surface area contributed by atoms with E-state index in [1.54, 1.807) is 0 Å². The van der Waals surface area contributed by atoms with Crippen molar-refractivity contribution in [1.82, 2.24) is 0 Å². The van der Waals surface area contributed by atoms with Crippen molar-refractivity contribution >= 4 is 5.69 Å². The Kier molecular flexibility index (Phi) is 5.71. The highest BCUT2D eigenvalue weighted by molar-refractivity contribution is 5.45. The van der Waals surface area contributed by atoms with Crippen LogP contribution in [0.15, 0.2) is 24.3 Å². The Morgan fingerprint density at radius 3 is 2.89 bits per heavy atom. The lowest BCUT2D eigenvalue weighted by Gasteiger charge is -2.30. The Balaban J connectivity index is 1.68. The molecule has 1 aliphatic rings. The molecular weight excluding hydrogens is 234 g/mol. The van der Waals surface area contributed by atoms with Crippen LogP contribution in [0.1, 0.15) is 44.6 Å². The predicted molar refractivity (Wildman–Crippen MR) is 81.7 cm³/mol. The van der Waals surface area contributed by atoms with Crippen molar-refractivity contribution in [2.45, 2.75) is 52.1 Å². The quantitative estimate of drug-likeness (QED) is 0.767. The fourth-order valence-electron chi connectivity index (χ4n) is 3.02. The number of anilines is 1. The molecule has 1 saturated carbocycles. The van der Waals surface area contributed by atoms with E-state index >= 15 is 0 Å². The van der Waals surface area contributed by atoms with Crippen LogP contribution in [0.5, 0.6) is 0 Å². The molecule has 2 heteroatoms. The molecule has 1 aromatic rings. The monoisotopic (exact) mass is 261 g/mol. The van der Waals surface area contributed by atoms with Gasteiger partial charge in [0, 0.05) is 12.2 Å². The lowest BCUT2D eigenvalue weighted by Crippen LogP contribution is -2.29. The molecule has 0 aromatic heterocycles. The SMILES string of the molecule is CCC1CCCCC1OCCNc1cccc(C)c1. The van der Waals surface area contributed by atoms with Crippen LogP contribution in [0.2, 0.25) is 0 Å². The molecule has 106 valence electrons. The van der Waals surface area contributed by atoms with Crippen molar-refractivity contribution in [3.63, 3.8) is 0 Å². The Hall–Kier alpha value is -1.02. The summed E-state index contributed by atoms with van der Waals surface area (Å²) in [6, 6.07) is 8.50. The molecular formula is C17H27NO. The third-order valence-corrected chi connectivity index (χ3v) is 4.14. The lowest BCUT2D eigenvalue weighted by atomic mass is 9.85. The van der Waals surface area contributed by atoms with Crippen LogP contribution in [0, 0.1) is 12.8 Å². The van der Waals surface area contributed by atoms with Crippen molar-refractivity contribution in [3.05, 3.63) is 29.8 Å². The van der Waals surface area contributed by atoms with Crippen molar-refractivity contribution in [3.8, 4) is 0 Å². The highest BCUT2D eigenvalue weighted by Crippen LogP contribution is 2.28. The van der Waals surface area contributed by atoms with Gasteiger partial charge in [-0.25, -0.2) is 0 Å². The van der Waals surface area contributed by atoms with E-state index in [9.17, 15) is 0 Å². The largest absolute Gasteiger partial charge is 0.383 e. The van der Waals surface area contributed by atoms with Gasteiger partial charge < -0.3 is 10.1 Å². The zero-order valence-corrected chi connectivity index (χ0v) is 12.3. The van der Waals surface area contributed by atoms with Crippen LogP contribution < -0.4 is 5.32 Å². The van der Waals surface area contributed by atoms with Crippen LogP contribution in [0.25, 0.3) is 0 Å². The second kappa shape index (κ2) is 7.54. The summed E-state index contributed by atoms with van der Waals surface area (Å²) in [5, 5.41) is 3.43. The van der Waals surface area contributed by atoms with Crippen LogP contribution in [-0.2, 0) is 4.74 Å². The molecule has 0 bridgehead atoms. The summed E-state index contributed by atoms with van der Waals surface area (Å²) in [5.74, 6) is 0.785. The first kappa shape index (κ1) is 14.4. The molecule has 0 saturated heterocycles. The second-order valence-corrected chi connectivity index (χ2v) is 5.66. The molecule has 1 fully saturated rings. The Bertz CT molecular complexity index is 377. The van der Waals surface area contributed by atoms with Gasteiger partial charge in [-0.05, 0) is 43.4 Å². The molecule has 1 N–H and O–H groups in total. The normalized spacial score (nSPS) is 23.3. The maximum absolute atomic E-state index is 6.08. The molecule has 0 heterocycles. The molecule has 2 rings (SSSR count). The van der Waals surface area contributed by atoms with Gasteiger partial charge in [0.2, 0.25) is 0 Å². The Labute approximate surface area is 117 Å². The highest BCUT2D eigenvalue weighted by atomic mass is 16.5. The van der Waals surface area contributed by atoms with Gasteiger partial charge in [0.1, 0.15) is 0 Å². The van der Waals surface area contributed by atoms with E-state index in [4.69, 9.17) is 4.74 Å². The summed E-state index contributed by atoms with van der Waals surface area (Å²) in [5.41, 5.74) is 2.49. The van der Waals surface area contributed by atoms with Gasteiger partial charge in [-0.2, -0.15) is 0 Å². The molecule has 0 radical (unpaired) electrons. The van der Waals surface area contributed by atoms with E-state index < -0.39 is 0 Å². The molecule has 0 aliphatic heterocycles. The van der Waals surface area contributed by atoms with Gasteiger partial charge in [-0.15, -0.1) is 0 Å². The minimum atomic E-state index is 0.498. The van der Waals surface area contributed by atoms with E-state index in [1.807, 2.05) is 0 Å². The summed E-state index contributed by atoms with van der Waals surface area (Å²) in [4.78, 5) is 0. The van der Waals surface area contributed by atoms with Gasteiger partial charge in [0.05, 0.1) is 12.7 Å². The lowest BCUT2D eigenvalue weighted by molar-refractivity contribution is -0.00688. The van der Waals surface area contributed by atoms with Gasteiger partial charge in [0.15, 0.2) is 0 Å². The second-order valence-electron chi connectivity index (χ2n) is 5.66. The maximum Gasteiger partial charge on any atom is 0.0642 e. The molecule has 2 atom stereocenters. The average Bonchev–Trinajstić information content (AvgIpc) is 2.44. The molecule has 0 amide bonds. The van der Waals surface area contributed by atoms with Gasteiger partial charge in [-0.1, -0.05) is 38.3 Å². The van der Waals surface area contributed by atoms with E-state index in [-0.39, 0.29) is 0 Å². The highest BCUT2D eigenvalue weighted by Gasteiger charge is 2.23. The van der Waals surface area contributed by atoms with Crippen molar-refractivity contribution in [2.75, 3.05) is 18.5 Å². The third-order valence-electron chi connectivity index (χ3n) is 4.14. The molecule has 1 aliphatic carbocycles. The van der Waals surface area contributed by atoms with Gasteiger partial charge in [0.25, 0.3) is 0 Å². The topological polar surface area (TPSA) is 21.3 Å². The molecule has 0 spiro atoms. The van der Waals surface area contributed by atoms with Crippen LogP contribution >= 0.6 is 0 Å². The zero-order chi connectivity index (χ0) is 13.5. The maximum atomic E-state index is 6.08. The Morgan fingerprint density at radius 2 is 2.11 bits per heavy atom. The van der Waals surface area contributed by atoms with Gasteiger partial charge in [-0.3, -0.25) is 0 Å². The van der Waals surface area contributed by atoms with Crippen molar-refractivity contribution < 1.29 is 4.74 Å². The fraction of sp³-hybridized carbons (Fsp3) is 0.647. The number of benzene rings is 1. The summed E-state index contributed by atoms with van der Waals surface area (Å²) in [6.45, 7) is 6.12. The fourth-order valence-corrected chi connectivity index (χ4v) is 3.02. The van der Waals surface area contributed by atoms with E-state index in [0.29, 0.717) is 6.10 Å². The molecule has 1 aromatic carbocycles. The number of ether oxygens (including phenoxy) is 1. The van der Waals surface area contributed by atoms with E-state index in [0.717, 1.165) is 19.1 Å². The van der Waals surface area contributed by atoms with Crippen LogP contribution in [-0.4, -0.2) is 19.3 Å². The summed E-state index contributed by atoms with van der Waals surface area (Å²) in [7, 11) is 0. The van der Waals surface area contributed by atoms with E-state index in [1.165, 1.54) is 43.4 Å². The molecule has 19 heavy (non-hydrogen) atoms. The minimum Gasteiger partial charge on any atom is -0.383 e. The molecule has 2 unspecified atom stereocenters. The average molecular weight is 261 g/mol. The first-order valence-electron chi connectivity index (χ1n) is 7.71. The number of hydrogen-bond acceptors (Lipinski definition) is 2. The predicted octanol–water partition coefficient (Wildman–Crippen LogP) is 4.39. The third kappa shape index (κ3) is 4.54. The summed E-state index contributed by atoms with van der Waals surface area (Å²) in [6.07, 6.45) is 7.09. The first-order chi connectivity index (χ1) is 9.29. The standard InChI is InChI=1S/C17H27NO/c1-3-15-8-4-5-10-17(15)19-12-11-18-16-9-6-7-14(2)13-16/h6-7,9,13,15,17-18H,3-5,8,10-12H2,1-2H3. The Morgan fingerprint density at radius 1 is 1.26 bits per heavy atom.